The minimum atomic E-state index is -0.801. The molecule has 5 nitrogen and oxygen atoms in total. The predicted octanol–water partition coefficient (Wildman–Crippen LogP) is 3.61. The van der Waals surface area contributed by atoms with Gasteiger partial charge in [0.1, 0.15) is 5.75 Å². The number of carbonyl (C=O) groups excluding carboxylic acids is 1. The van der Waals surface area contributed by atoms with Crippen LogP contribution in [0.2, 0.25) is 0 Å². The molecule has 0 heterocycles. The van der Waals surface area contributed by atoms with Crippen LogP contribution >= 0.6 is 0 Å². The van der Waals surface area contributed by atoms with Crippen molar-refractivity contribution >= 4 is 17.6 Å². The van der Waals surface area contributed by atoms with Crippen molar-refractivity contribution in [1.29, 1.82) is 0 Å². The van der Waals surface area contributed by atoms with E-state index in [0.717, 1.165) is 29.8 Å². The van der Waals surface area contributed by atoms with Gasteiger partial charge >= 0.3 is 5.97 Å². The molecular weight excluding hydrogens is 294 g/mol. The molecule has 2 N–H and O–H groups in total. The molecular formula is C18H25NO4. The highest BCUT2D eigenvalue weighted by molar-refractivity contribution is 5.94. The van der Waals surface area contributed by atoms with E-state index < -0.39 is 5.97 Å². The van der Waals surface area contributed by atoms with Crippen LogP contribution in [0.4, 0.5) is 5.69 Å². The first-order valence-corrected chi connectivity index (χ1v) is 8.28. The van der Waals surface area contributed by atoms with Gasteiger partial charge in [-0.2, -0.15) is 0 Å². The average molecular weight is 319 g/mol. The molecule has 1 aromatic carbocycles. The number of ether oxygens (including phenoxy) is 1. The van der Waals surface area contributed by atoms with E-state index in [-0.39, 0.29) is 17.7 Å². The van der Waals surface area contributed by atoms with Crippen LogP contribution in [0.25, 0.3) is 0 Å². The molecule has 1 aliphatic rings. The number of hydrogen-bond acceptors (Lipinski definition) is 3. The number of rotatable bonds is 7. The van der Waals surface area contributed by atoms with E-state index in [1.807, 2.05) is 25.1 Å². The fourth-order valence-corrected chi connectivity index (χ4v) is 2.88. The second kappa shape index (κ2) is 7.99. The van der Waals surface area contributed by atoms with Crippen LogP contribution < -0.4 is 10.1 Å². The molecule has 2 rings (SSSR count). The first-order valence-electron chi connectivity index (χ1n) is 8.28. The zero-order valence-corrected chi connectivity index (χ0v) is 13.8. The zero-order chi connectivity index (χ0) is 16.8. The summed E-state index contributed by atoms with van der Waals surface area (Å²) in [6.45, 7) is 4.74. The van der Waals surface area contributed by atoms with Crippen molar-refractivity contribution < 1.29 is 19.4 Å². The molecule has 0 bridgehead atoms. The summed E-state index contributed by atoms with van der Waals surface area (Å²) in [5, 5.41) is 11.9. The molecule has 126 valence electrons. The van der Waals surface area contributed by atoms with Crippen molar-refractivity contribution in [2.45, 2.75) is 46.0 Å². The van der Waals surface area contributed by atoms with E-state index >= 15 is 0 Å². The molecule has 1 amide bonds. The lowest BCUT2D eigenvalue weighted by molar-refractivity contribution is -0.141. The highest BCUT2D eigenvalue weighted by Gasteiger charge is 2.33. The van der Waals surface area contributed by atoms with Crippen molar-refractivity contribution in [3.8, 4) is 5.75 Å². The molecule has 0 saturated heterocycles. The van der Waals surface area contributed by atoms with Crippen LogP contribution in [-0.4, -0.2) is 23.6 Å². The minimum Gasteiger partial charge on any atom is -0.494 e. The Kier molecular flexibility index (Phi) is 6.02. The number of carboxylic acids is 1. The lowest BCUT2D eigenvalue weighted by Crippen LogP contribution is -2.22. The Morgan fingerprint density at radius 3 is 2.65 bits per heavy atom. The van der Waals surface area contributed by atoms with E-state index in [1.165, 1.54) is 0 Å². The monoisotopic (exact) mass is 319 g/mol. The number of aryl methyl sites for hydroxylation is 1. The topological polar surface area (TPSA) is 75.6 Å². The van der Waals surface area contributed by atoms with E-state index in [2.05, 4.69) is 12.2 Å². The SMILES string of the molecule is CCCCOc1ccc(NC(=O)[C@@H]2CC[C@H](C(=O)O)C2)c(C)c1. The Morgan fingerprint density at radius 2 is 2.04 bits per heavy atom. The van der Waals surface area contributed by atoms with Crippen molar-refractivity contribution in [2.75, 3.05) is 11.9 Å². The standard InChI is InChI=1S/C18H25NO4/c1-3-4-9-23-15-7-8-16(12(2)10-15)19-17(20)13-5-6-14(11-13)18(21)22/h7-8,10,13-14H,3-6,9,11H2,1-2H3,(H,19,20)(H,21,22)/t13-,14+/m1/s1. The lowest BCUT2D eigenvalue weighted by Gasteiger charge is -2.14. The van der Waals surface area contributed by atoms with Gasteiger partial charge in [0.2, 0.25) is 5.91 Å². The van der Waals surface area contributed by atoms with Gasteiger partial charge in [0.25, 0.3) is 0 Å². The van der Waals surface area contributed by atoms with Crippen molar-refractivity contribution in [2.24, 2.45) is 11.8 Å². The first-order chi connectivity index (χ1) is 11.0. The number of unbranched alkanes of at least 4 members (excludes halogenated alkanes) is 1. The Hall–Kier alpha value is -2.04. The highest BCUT2D eigenvalue weighted by Crippen LogP contribution is 2.32. The normalized spacial score (nSPS) is 20.3. The maximum absolute atomic E-state index is 12.3. The van der Waals surface area contributed by atoms with Crippen LogP contribution in [0.15, 0.2) is 18.2 Å². The third kappa shape index (κ3) is 4.71. The predicted molar refractivity (Wildman–Crippen MR) is 88.7 cm³/mol. The quantitative estimate of drug-likeness (QED) is 0.753. The molecule has 5 heteroatoms. The number of amides is 1. The lowest BCUT2D eigenvalue weighted by atomic mass is 10.0. The van der Waals surface area contributed by atoms with E-state index in [9.17, 15) is 9.59 Å². The van der Waals surface area contributed by atoms with E-state index in [4.69, 9.17) is 9.84 Å². The summed E-state index contributed by atoms with van der Waals surface area (Å²) in [6.07, 6.45) is 3.75. The van der Waals surface area contributed by atoms with Crippen LogP contribution in [0.1, 0.15) is 44.6 Å². The number of aliphatic carboxylic acids is 1. The largest absolute Gasteiger partial charge is 0.494 e. The molecule has 1 saturated carbocycles. The van der Waals surface area contributed by atoms with Gasteiger partial charge in [0.05, 0.1) is 12.5 Å². The van der Waals surface area contributed by atoms with Crippen LogP contribution in [0.3, 0.4) is 0 Å². The minimum absolute atomic E-state index is 0.0866. The van der Waals surface area contributed by atoms with Crippen molar-refractivity contribution in [3.63, 3.8) is 0 Å². The number of anilines is 1. The molecule has 0 spiro atoms. The van der Waals surface area contributed by atoms with Gasteiger partial charge in [-0.3, -0.25) is 9.59 Å². The molecule has 1 aromatic rings. The van der Waals surface area contributed by atoms with Gasteiger partial charge < -0.3 is 15.2 Å². The number of nitrogens with one attached hydrogen (secondary N) is 1. The Labute approximate surface area is 137 Å². The number of carboxylic acid groups (broad SMARTS) is 1. The Bertz CT molecular complexity index is 570. The van der Waals surface area contributed by atoms with Crippen LogP contribution in [-0.2, 0) is 9.59 Å². The number of carbonyl (C=O) groups is 2. The molecule has 1 aliphatic carbocycles. The third-order valence-electron chi connectivity index (χ3n) is 4.38. The summed E-state index contributed by atoms with van der Waals surface area (Å²) in [5.74, 6) is -0.681. The molecule has 0 unspecified atom stereocenters. The van der Waals surface area contributed by atoms with Crippen LogP contribution in [0.5, 0.6) is 5.75 Å². The van der Waals surface area contributed by atoms with Gasteiger partial charge in [-0.15, -0.1) is 0 Å². The molecule has 0 aliphatic heterocycles. The molecule has 2 atom stereocenters. The molecule has 0 aromatic heterocycles. The molecule has 0 radical (unpaired) electrons. The van der Waals surface area contributed by atoms with Crippen molar-refractivity contribution in [1.82, 2.24) is 0 Å². The number of hydrogen-bond donors (Lipinski definition) is 2. The Balaban J connectivity index is 1.92. The summed E-state index contributed by atoms with van der Waals surface area (Å²) < 4.78 is 5.65. The van der Waals surface area contributed by atoms with Crippen LogP contribution in [0, 0.1) is 18.8 Å². The fraction of sp³-hybridized carbons (Fsp3) is 0.556. The summed E-state index contributed by atoms with van der Waals surface area (Å²) in [5.41, 5.74) is 1.71. The Morgan fingerprint density at radius 1 is 1.30 bits per heavy atom. The smallest absolute Gasteiger partial charge is 0.306 e. The molecule has 23 heavy (non-hydrogen) atoms. The second-order valence-electron chi connectivity index (χ2n) is 6.21. The average Bonchev–Trinajstić information content (AvgIpc) is 3.00. The van der Waals surface area contributed by atoms with Gasteiger partial charge in [0.15, 0.2) is 0 Å². The summed E-state index contributed by atoms with van der Waals surface area (Å²) >= 11 is 0. The first kappa shape index (κ1) is 17.3. The van der Waals surface area contributed by atoms with E-state index in [0.29, 0.717) is 25.9 Å². The van der Waals surface area contributed by atoms with Gasteiger partial charge in [-0.1, -0.05) is 13.3 Å². The summed E-state index contributed by atoms with van der Waals surface area (Å²) in [7, 11) is 0. The van der Waals surface area contributed by atoms with Gasteiger partial charge in [0, 0.05) is 11.6 Å². The maximum Gasteiger partial charge on any atom is 0.306 e. The zero-order valence-electron chi connectivity index (χ0n) is 13.8. The van der Waals surface area contributed by atoms with Gasteiger partial charge in [-0.05, 0) is 56.4 Å². The summed E-state index contributed by atoms with van der Waals surface area (Å²) in [4.78, 5) is 23.3. The summed E-state index contributed by atoms with van der Waals surface area (Å²) in [6, 6.07) is 5.62. The van der Waals surface area contributed by atoms with Crippen molar-refractivity contribution in [3.05, 3.63) is 23.8 Å². The highest BCUT2D eigenvalue weighted by atomic mass is 16.5. The molecule has 1 fully saturated rings. The fourth-order valence-electron chi connectivity index (χ4n) is 2.88. The van der Waals surface area contributed by atoms with E-state index in [1.54, 1.807) is 0 Å². The van der Waals surface area contributed by atoms with Gasteiger partial charge in [-0.25, -0.2) is 0 Å². The number of benzene rings is 1. The second-order valence-corrected chi connectivity index (χ2v) is 6.21. The maximum atomic E-state index is 12.3. The third-order valence-corrected chi connectivity index (χ3v) is 4.38.